The molecule has 1 aliphatic rings. The minimum absolute atomic E-state index is 0.0713. The lowest BCUT2D eigenvalue weighted by atomic mass is 10.1. The van der Waals surface area contributed by atoms with Crippen molar-refractivity contribution in [3.05, 3.63) is 40.6 Å². The summed E-state index contributed by atoms with van der Waals surface area (Å²) in [6, 6.07) is 9.21. The van der Waals surface area contributed by atoms with E-state index >= 15 is 0 Å². The Kier molecular flexibility index (Phi) is 4.56. The van der Waals surface area contributed by atoms with Crippen LogP contribution in [0.4, 0.5) is 5.69 Å². The minimum Gasteiger partial charge on any atom is -0.392 e. The average Bonchev–Trinajstić information content (AvgIpc) is 2.63. The van der Waals surface area contributed by atoms with Crippen LogP contribution in [0.3, 0.4) is 0 Å². The van der Waals surface area contributed by atoms with Gasteiger partial charge in [-0.05, 0) is 26.0 Å². The van der Waals surface area contributed by atoms with Crippen molar-refractivity contribution in [1.82, 2.24) is 4.90 Å². The van der Waals surface area contributed by atoms with Gasteiger partial charge in [-0.2, -0.15) is 0 Å². The smallest absolute Gasteiger partial charge is 0.201 e. The molecule has 1 aromatic carbocycles. The fraction of sp³-hybridized carbons (Fsp3) is 0.533. The molecule has 104 valence electrons. The standard InChI is InChI=1S/C15H22N2O2/c1-12(13(2)18)16-8-10-17(11-9-16)14-6-4-3-5-7-15(14)19/h3-7,12-13,18H,8-11H2,1-2H3/t12-,13+/m1/s1. The second kappa shape index (κ2) is 6.17. The Morgan fingerprint density at radius 3 is 2.32 bits per heavy atom. The van der Waals surface area contributed by atoms with Crippen LogP contribution in [-0.4, -0.2) is 48.3 Å². The van der Waals surface area contributed by atoms with Crippen LogP contribution in [0.5, 0.6) is 0 Å². The van der Waals surface area contributed by atoms with Crippen molar-refractivity contribution in [2.24, 2.45) is 0 Å². The number of aliphatic hydroxyl groups is 1. The minimum atomic E-state index is -0.323. The van der Waals surface area contributed by atoms with Crippen molar-refractivity contribution in [1.29, 1.82) is 0 Å². The van der Waals surface area contributed by atoms with Gasteiger partial charge in [0, 0.05) is 32.2 Å². The zero-order valence-corrected chi connectivity index (χ0v) is 11.6. The quantitative estimate of drug-likeness (QED) is 0.880. The topological polar surface area (TPSA) is 43.8 Å². The van der Waals surface area contributed by atoms with Gasteiger partial charge in [-0.3, -0.25) is 9.69 Å². The molecule has 0 amide bonds. The molecule has 0 radical (unpaired) electrons. The molecule has 2 atom stereocenters. The van der Waals surface area contributed by atoms with Gasteiger partial charge in [0.15, 0.2) is 0 Å². The monoisotopic (exact) mass is 262 g/mol. The molecule has 1 aromatic rings. The first kappa shape index (κ1) is 14.0. The summed E-state index contributed by atoms with van der Waals surface area (Å²) in [7, 11) is 0. The van der Waals surface area contributed by atoms with Gasteiger partial charge >= 0.3 is 0 Å². The lowest BCUT2D eigenvalue weighted by Gasteiger charge is -2.39. The molecule has 4 nitrogen and oxygen atoms in total. The van der Waals surface area contributed by atoms with Crippen molar-refractivity contribution in [3.63, 3.8) is 0 Å². The number of nitrogens with zero attached hydrogens (tertiary/aromatic N) is 2. The van der Waals surface area contributed by atoms with E-state index in [1.807, 2.05) is 32.0 Å². The molecule has 1 saturated heterocycles. The Hall–Kier alpha value is -1.39. The third kappa shape index (κ3) is 3.33. The van der Waals surface area contributed by atoms with E-state index in [1.54, 1.807) is 12.1 Å². The van der Waals surface area contributed by atoms with E-state index in [9.17, 15) is 9.90 Å². The van der Waals surface area contributed by atoms with Gasteiger partial charge in [-0.15, -0.1) is 0 Å². The highest BCUT2D eigenvalue weighted by molar-refractivity contribution is 5.45. The molecule has 1 fully saturated rings. The number of piperazine rings is 1. The van der Waals surface area contributed by atoms with Crippen molar-refractivity contribution in [2.75, 3.05) is 31.1 Å². The molecular weight excluding hydrogens is 240 g/mol. The van der Waals surface area contributed by atoms with Crippen LogP contribution < -0.4 is 10.3 Å². The Morgan fingerprint density at radius 2 is 1.68 bits per heavy atom. The predicted octanol–water partition coefficient (Wildman–Crippen LogP) is 0.938. The maximum atomic E-state index is 11.9. The van der Waals surface area contributed by atoms with Crippen LogP contribution in [0.1, 0.15) is 13.8 Å². The van der Waals surface area contributed by atoms with Crippen LogP contribution >= 0.6 is 0 Å². The third-order valence-corrected chi connectivity index (χ3v) is 3.91. The number of aliphatic hydroxyl groups excluding tert-OH is 1. The van der Waals surface area contributed by atoms with Crippen LogP contribution in [0.2, 0.25) is 0 Å². The molecule has 19 heavy (non-hydrogen) atoms. The lowest BCUT2D eigenvalue weighted by molar-refractivity contribution is 0.0672. The molecule has 2 rings (SSSR count). The van der Waals surface area contributed by atoms with Gasteiger partial charge in [0.25, 0.3) is 0 Å². The normalized spacial score (nSPS) is 20.1. The van der Waals surface area contributed by atoms with Crippen LogP contribution in [0, 0.1) is 0 Å². The molecular formula is C15H22N2O2. The summed E-state index contributed by atoms with van der Waals surface area (Å²) in [6.07, 6.45) is -0.323. The van der Waals surface area contributed by atoms with Crippen LogP contribution in [-0.2, 0) is 0 Å². The highest BCUT2D eigenvalue weighted by Gasteiger charge is 2.24. The van der Waals surface area contributed by atoms with Gasteiger partial charge in [0.2, 0.25) is 5.43 Å². The molecule has 4 heteroatoms. The second-order valence-electron chi connectivity index (χ2n) is 5.16. The summed E-state index contributed by atoms with van der Waals surface area (Å²) in [5.41, 5.74) is 0.844. The summed E-state index contributed by atoms with van der Waals surface area (Å²) in [6.45, 7) is 7.28. The average molecular weight is 262 g/mol. The Morgan fingerprint density at radius 1 is 1.05 bits per heavy atom. The first-order chi connectivity index (χ1) is 9.09. The highest BCUT2D eigenvalue weighted by Crippen LogP contribution is 2.14. The molecule has 0 spiro atoms. The Labute approximate surface area is 114 Å². The maximum absolute atomic E-state index is 11.9. The number of hydrogen-bond donors (Lipinski definition) is 1. The van der Waals surface area contributed by atoms with E-state index in [0.29, 0.717) is 0 Å². The first-order valence-corrected chi connectivity index (χ1v) is 6.86. The molecule has 0 aromatic heterocycles. The summed E-state index contributed by atoms with van der Waals surface area (Å²) in [5.74, 6) is 0. The van der Waals surface area contributed by atoms with Gasteiger partial charge in [-0.25, -0.2) is 0 Å². The van der Waals surface area contributed by atoms with Crippen LogP contribution in [0.15, 0.2) is 35.1 Å². The van der Waals surface area contributed by atoms with E-state index in [1.165, 1.54) is 0 Å². The predicted molar refractivity (Wildman–Crippen MR) is 77.6 cm³/mol. The fourth-order valence-corrected chi connectivity index (χ4v) is 2.46. The van der Waals surface area contributed by atoms with E-state index in [-0.39, 0.29) is 17.6 Å². The molecule has 1 aliphatic heterocycles. The van der Waals surface area contributed by atoms with Gasteiger partial charge < -0.3 is 10.0 Å². The number of anilines is 1. The lowest BCUT2D eigenvalue weighted by Crippen LogP contribution is -2.52. The van der Waals surface area contributed by atoms with E-state index in [0.717, 1.165) is 31.9 Å². The molecule has 1 heterocycles. The summed E-state index contributed by atoms with van der Waals surface area (Å²) in [5, 5.41) is 9.63. The van der Waals surface area contributed by atoms with Crippen molar-refractivity contribution in [2.45, 2.75) is 26.0 Å². The van der Waals surface area contributed by atoms with Crippen molar-refractivity contribution in [3.8, 4) is 0 Å². The van der Waals surface area contributed by atoms with Gasteiger partial charge in [0.05, 0.1) is 11.8 Å². The zero-order valence-electron chi connectivity index (χ0n) is 11.6. The van der Waals surface area contributed by atoms with Gasteiger partial charge in [0.1, 0.15) is 0 Å². The molecule has 0 bridgehead atoms. The first-order valence-electron chi connectivity index (χ1n) is 6.86. The summed E-state index contributed by atoms with van der Waals surface area (Å²) < 4.78 is 0. The zero-order chi connectivity index (χ0) is 13.8. The molecule has 0 unspecified atom stereocenters. The van der Waals surface area contributed by atoms with Gasteiger partial charge in [-0.1, -0.05) is 18.2 Å². The van der Waals surface area contributed by atoms with Crippen molar-refractivity contribution < 1.29 is 5.11 Å². The SMILES string of the molecule is C[C@H](O)[C@@H](C)N1CCN(c2cccccc2=O)CC1. The molecule has 0 saturated carbocycles. The summed E-state index contributed by atoms with van der Waals surface area (Å²) in [4.78, 5) is 16.4. The highest BCUT2D eigenvalue weighted by atomic mass is 16.3. The number of rotatable bonds is 3. The maximum Gasteiger partial charge on any atom is 0.201 e. The van der Waals surface area contributed by atoms with Crippen molar-refractivity contribution >= 4 is 5.69 Å². The van der Waals surface area contributed by atoms with E-state index in [4.69, 9.17) is 0 Å². The van der Waals surface area contributed by atoms with E-state index in [2.05, 4.69) is 9.80 Å². The van der Waals surface area contributed by atoms with E-state index < -0.39 is 0 Å². The fourth-order valence-electron chi connectivity index (χ4n) is 2.46. The number of hydrogen-bond acceptors (Lipinski definition) is 4. The Bertz CT molecular complexity index is 468. The largest absolute Gasteiger partial charge is 0.392 e. The Balaban J connectivity index is 2.05. The van der Waals surface area contributed by atoms with Crippen LogP contribution in [0.25, 0.3) is 0 Å². The molecule has 0 aliphatic carbocycles. The second-order valence-corrected chi connectivity index (χ2v) is 5.16. The third-order valence-electron chi connectivity index (χ3n) is 3.91. The molecule has 1 N–H and O–H groups in total. The summed E-state index contributed by atoms with van der Waals surface area (Å²) >= 11 is 0.